The van der Waals surface area contributed by atoms with Gasteiger partial charge in [-0.3, -0.25) is 4.90 Å². The molecule has 1 aromatic rings. The largest absolute Gasteiger partial charge is 0.444 e. The van der Waals surface area contributed by atoms with Crippen LogP contribution < -0.4 is 0 Å². The van der Waals surface area contributed by atoms with Crippen molar-refractivity contribution in [3.8, 4) is 0 Å². The topological polar surface area (TPSA) is 53.0 Å². The number of β-amino-alcohol motifs (C(OH)–C–C–N with tert-alkyl or cyclic N) is 1. The molecule has 2 aliphatic rings. The van der Waals surface area contributed by atoms with E-state index in [0.717, 1.165) is 19.5 Å². The van der Waals surface area contributed by atoms with Crippen LogP contribution in [0.4, 0.5) is 4.79 Å². The molecule has 0 spiro atoms. The number of rotatable bonds is 2. The standard InChI is InChI=1S/C18H28N2O3S/c1-17(2,3)23-16(21)20-9-6-18(22,7-10-20)13-19-8-4-15-14(12-19)5-11-24-15/h5,11,22H,4,6-10,12-13H2,1-3H3. The summed E-state index contributed by atoms with van der Waals surface area (Å²) >= 11 is 1.83. The van der Waals surface area contributed by atoms with Gasteiger partial charge in [-0.15, -0.1) is 11.3 Å². The summed E-state index contributed by atoms with van der Waals surface area (Å²) in [6, 6.07) is 2.20. The van der Waals surface area contributed by atoms with Gasteiger partial charge >= 0.3 is 6.09 Å². The monoisotopic (exact) mass is 352 g/mol. The third kappa shape index (κ3) is 4.29. The summed E-state index contributed by atoms with van der Waals surface area (Å²) < 4.78 is 5.42. The first-order valence-electron chi connectivity index (χ1n) is 8.72. The zero-order chi connectivity index (χ0) is 17.4. The van der Waals surface area contributed by atoms with Crippen LogP contribution in [-0.2, 0) is 17.7 Å². The molecule has 134 valence electrons. The van der Waals surface area contributed by atoms with Gasteiger partial charge in [-0.05, 0) is 57.0 Å². The Labute approximate surface area is 148 Å². The quantitative estimate of drug-likeness (QED) is 0.889. The van der Waals surface area contributed by atoms with E-state index in [4.69, 9.17) is 4.74 Å². The Morgan fingerprint density at radius 3 is 2.71 bits per heavy atom. The van der Waals surface area contributed by atoms with E-state index in [1.54, 1.807) is 4.90 Å². The second kappa shape index (κ2) is 6.65. The van der Waals surface area contributed by atoms with Crippen LogP contribution in [0.3, 0.4) is 0 Å². The Morgan fingerprint density at radius 1 is 1.33 bits per heavy atom. The van der Waals surface area contributed by atoms with Gasteiger partial charge in [-0.2, -0.15) is 0 Å². The van der Waals surface area contributed by atoms with Crippen molar-refractivity contribution in [3.63, 3.8) is 0 Å². The molecule has 2 aliphatic heterocycles. The number of carbonyl (C=O) groups excluding carboxylic acids is 1. The number of hydrogen-bond acceptors (Lipinski definition) is 5. The van der Waals surface area contributed by atoms with Crippen molar-refractivity contribution in [2.75, 3.05) is 26.2 Å². The molecule has 1 N–H and O–H groups in total. The maximum atomic E-state index is 12.1. The summed E-state index contributed by atoms with van der Waals surface area (Å²) in [6.07, 6.45) is 2.02. The van der Waals surface area contributed by atoms with E-state index in [1.165, 1.54) is 10.4 Å². The number of ether oxygens (including phenoxy) is 1. The molecule has 0 atom stereocenters. The summed E-state index contributed by atoms with van der Waals surface area (Å²) in [5.74, 6) is 0. The normalized spacial score (nSPS) is 21.4. The lowest BCUT2D eigenvalue weighted by molar-refractivity contribution is -0.0520. The number of carbonyl (C=O) groups is 1. The molecule has 0 unspecified atom stereocenters. The fourth-order valence-corrected chi connectivity index (χ4v) is 4.34. The van der Waals surface area contributed by atoms with Crippen LogP contribution in [-0.4, -0.2) is 58.4 Å². The van der Waals surface area contributed by atoms with Gasteiger partial charge in [0.25, 0.3) is 0 Å². The highest BCUT2D eigenvalue weighted by molar-refractivity contribution is 7.10. The van der Waals surface area contributed by atoms with Crippen LogP contribution in [0, 0.1) is 0 Å². The molecule has 6 heteroatoms. The third-order valence-corrected chi connectivity index (χ3v) is 5.77. The average molecular weight is 353 g/mol. The van der Waals surface area contributed by atoms with E-state index >= 15 is 0 Å². The predicted molar refractivity (Wildman–Crippen MR) is 95.3 cm³/mol. The van der Waals surface area contributed by atoms with Gasteiger partial charge in [-0.25, -0.2) is 4.79 Å². The van der Waals surface area contributed by atoms with Gasteiger partial charge in [0.2, 0.25) is 0 Å². The number of likely N-dealkylation sites (tertiary alicyclic amines) is 1. The van der Waals surface area contributed by atoms with Gasteiger partial charge in [0.15, 0.2) is 0 Å². The molecule has 3 heterocycles. The van der Waals surface area contributed by atoms with Crippen LogP contribution in [0.25, 0.3) is 0 Å². The Bertz CT molecular complexity index is 585. The highest BCUT2D eigenvalue weighted by Crippen LogP contribution is 2.29. The van der Waals surface area contributed by atoms with E-state index in [-0.39, 0.29) is 6.09 Å². The molecule has 0 radical (unpaired) electrons. The van der Waals surface area contributed by atoms with Crippen molar-refractivity contribution in [2.24, 2.45) is 0 Å². The minimum atomic E-state index is -0.702. The smallest absolute Gasteiger partial charge is 0.410 e. The molecule has 3 rings (SSSR count). The van der Waals surface area contributed by atoms with Crippen LogP contribution in [0.2, 0.25) is 0 Å². The zero-order valence-electron chi connectivity index (χ0n) is 14.9. The van der Waals surface area contributed by atoms with Gasteiger partial charge in [-0.1, -0.05) is 0 Å². The first kappa shape index (κ1) is 17.7. The van der Waals surface area contributed by atoms with E-state index in [2.05, 4.69) is 16.3 Å². The van der Waals surface area contributed by atoms with Crippen LogP contribution >= 0.6 is 11.3 Å². The van der Waals surface area contributed by atoms with Crippen molar-refractivity contribution in [3.05, 3.63) is 21.9 Å². The second-order valence-electron chi connectivity index (χ2n) is 8.02. The number of fused-ring (bicyclic) bond motifs is 1. The van der Waals surface area contributed by atoms with Crippen molar-refractivity contribution in [1.82, 2.24) is 9.80 Å². The zero-order valence-corrected chi connectivity index (χ0v) is 15.7. The molecule has 0 saturated carbocycles. The van der Waals surface area contributed by atoms with Crippen molar-refractivity contribution >= 4 is 17.4 Å². The lowest BCUT2D eigenvalue weighted by Gasteiger charge is -2.41. The number of thiophene rings is 1. The number of aliphatic hydroxyl groups is 1. The molecule has 1 saturated heterocycles. The summed E-state index contributed by atoms with van der Waals surface area (Å²) in [7, 11) is 0. The molecule has 0 aliphatic carbocycles. The summed E-state index contributed by atoms with van der Waals surface area (Å²) in [5.41, 5.74) is 0.226. The Balaban J connectivity index is 1.51. The third-order valence-electron chi connectivity index (χ3n) is 4.75. The van der Waals surface area contributed by atoms with Crippen LogP contribution in [0.15, 0.2) is 11.4 Å². The van der Waals surface area contributed by atoms with Crippen LogP contribution in [0.5, 0.6) is 0 Å². The lowest BCUT2D eigenvalue weighted by atomic mass is 9.90. The molecule has 1 amide bonds. The first-order valence-corrected chi connectivity index (χ1v) is 9.60. The van der Waals surface area contributed by atoms with E-state index in [9.17, 15) is 9.90 Å². The average Bonchev–Trinajstić information content (AvgIpc) is 2.93. The molecule has 1 aromatic heterocycles. The van der Waals surface area contributed by atoms with Crippen molar-refractivity contribution in [2.45, 2.75) is 57.8 Å². The Morgan fingerprint density at radius 2 is 2.04 bits per heavy atom. The SMILES string of the molecule is CC(C)(C)OC(=O)N1CCC(O)(CN2CCc3sccc3C2)CC1. The second-order valence-corrected chi connectivity index (χ2v) is 9.02. The van der Waals surface area contributed by atoms with Crippen molar-refractivity contribution in [1.29, 1.82) is 0 Å². The number of hydrogen-bond donors (Lipinski definition) is 1. The maximum absolute atomic E-state index is 12.1. The minimum absolute atomic E-state index is 0.273. The highest BCUT2D eigenvalue weighted by atomic mass is 32.1. The first-order chi connectivity index (χ1) is 11.2. The predicted octanol–water partition coefficient (Wildman–Crippen LogP) is 2.87. The molecule has 1 fully saturated rings. The minimum Gasteiger partial charge on any atom is -0.444 e. The van der Waals surface area contributed by atoms with Gasteiger partial charge in [0.1, 0.15) is 5.60 Å². The van der Waals surface area contributed by atoms with E-state index in [0.29, 0.717) is 32.5 Å². The molecule has 0 bridgehead atoms. The summed E-state index contributed by atoms with van der Waals surface area (Å²) in [4.78, 5) is 17.7. The fraction of sp³-hybridized carbons (Fsp3) is 0.722. The summed E-state index contributed by atoms with van der Waals surface area (Å²) in [5, 5.41) is 13.1. The molecule has 24 heavy (non-hydrogen) atoms. The number of piperidine rings is 1. The van der Waals surface area contributed by atoms with E-state index < -0.39 is 11.2 Å². The molecule has 0 aromatic carbocycles. The van der Waals surface area contributed by atoms with Gasteiger partial charge in [0, 0.05) is 37.6 Å². The molecule has 5 nitrogen and oxygen atoms in total. The Hall–Kier alpha value is -1.11. The number of nitrogens with zero attached hydrogens (tertiary/aromatic N) is 2. The fourth-order valence-electron chi connectivity index (χ4n) is 3.45. The Kier molecular flexibility index (Phi) is 4.91. The van der Waals surface area contributed by atoms with Crippen molar-refractivity contribution < 1.29 is 14.6 Å². The van der Waals surface area contributed by atoms with Gasteiger partial charge in [0.05, 0.1) is 5.60 Å². The van der Waals surface area contributed by atoms with E-state index in [1.807, 2.05) is 32.1 Å². The molecular formula is C18H28N2O3S. The highest BCUT2D eigenvalue weighted by Gasteiger charge is 2.37. The summed E-state index contributed by atoms with van der Waals surface area (Å²) in [6.45, 7) is 9.36. The lowest BCUT2D eigenvalue weighted by Crippen LogP contribution is -2.53. The molecular weight excluding hydrogens is 324 g/mol. The van der Waals surface area contributed by atoms with Gasteiger partial charge < -0.3 is 14.7 Å². The number of amides is 1. The maximum Gasteiger partial charge on any atom is 0.410 e. The van der Waals surface area contributed by atoms with Crippen LogP contribution in [0.1, 0.15) is 44.1 Å².